The molecule has 0 bridgehead atoms. The SMILES string of the molecule is CC(C)c1ccc(OCn2ccc(C(=O)Nc3ccccc3[N+](=O)[O-])n2)cc1. The lowest BCUT2D eigenvalue weighted by molar-refractivity contribution is -0.383. The molecule has 0 radical (unpaired) electrons. The summed E-state index contributed by atoms with van der Waals surface area (Å²) >= 11 is 0. The summed E-state index contributed by atoms with van der Waals surface area (Å²) in [4.78, 5) is 22.8. The summed E-state index contributed by atoms with van der Waals surface area (Å²) < 4.78 is 7.15. The van der Waals surface area contributed by atoms with Gasteiger partial charge >= 0.3 is 0 Å². The molecule has 1 N–H and O–H groups in total. The molecule has 0 spiro atoms. The molecular weight excluding hydrogens is 360 g/mol. The molecule has 8 nitrogen and oxygen atoms in total. The fourth-order valence-corrected chi connectivity index (χ4v) is 2.57. The van der Waals surface area contributed by atoms with Gasteiger partial charge in [0, 0.05) is 12.3 Å². The van der Waals surface area contributed by atoms with Crippen molar-refractivity contribution in [2.24, 2.45) is 0 Å². The van der Waals surface area contributed by atoms with Gasteiger partial charge in [0.2, 0.25) is 0 Å². The van der Waals surface area contributed by atoms with Gasteiger partial charge in [0.1, 0.15) is 11.4 Å². The van der Waals surface area contributed by atoms with Crippen LogP contribution in [0.1, 0.15) is 35.8 Å². The molecule has 0 aliphatic carbocycles. The number of carbonyl (C=O) groups is 1. The van der Waals surface area contributed by atoms with Gasteiger partial charge in [-0.15, -0.1) is 0 Å². The van der Waals surface area contributed by atoms with Crippen molar-refractivity contribution >= 4 is 17.3 Å². The molecule has 1 amide bonds. The third-order valence-corrected chi connectivity index (χ3v) is 4.13. The Hall–Kier alpha value is -3.68. The smallest absolute Gasteiger partial charge is 0.292 e. The number of para-hydroxylation sites is 2. The van der Waals surface area contributed by atoms with E-state index < -0.39 is 10.8 Å². The monoisotopic (exact) mass is 380 g/mol. The highest BCUT2D eigenvalue weighted by atomic mass is 16.6. The standard InChI is InChI=1S/C20H20N4O4/c1-14(2)15-7-9-16(10-8-15)28-13-23-12-11-18(22-23)20(25)21-17-5-3-4-6-19(17)24(26)27/h3-12,14H,13H2,1-2H3,(H,21,25). The molecule has 144 valence electrons. The van der Waals surface area contributed by atoms with E-state index in [4.69, 9.17) is 4.74 Å². The first kappa shape index (κ1) is 19.1. The van der Waals surface area contributed by atoms with E-state index in [1.54, 1.807) is 12.3 Å². The highest BCUT2D eigenvalue weighted by Gasteiger charge is 2.17. The quantitative estimate of drug-likeness (QED) is 0.489. The number of anilines is 1. The number of carbonyl (C=O) groups excluding carboxylic acids is 1. The van der Waals surface area contributed by atoms with Crippen LogP contribution in [0.3, 0.4) is 0 Å². The number of hydrogen-bond donors (Lipinski definition) is 1. The van der Waals surface area contributed by atoms with Crippen LogP contribution in [0.25, 0.3) is 0 Å². The topological polar surface area (TPSA) is 99.3 Å². The van der Waals surface area contributed by atoms with Crippen LogP contribution in [0.5, 0.6) is 5.75 Å². The van der Waals surface area contributed by atoms with Crippen molar-refractivity contribution in [3.8, 4) is 5.75 Å². The third kappa shape index (κ3) is 4.53. The minimum atomic E-state index is -0.549. The number of nitrogens with one attached hydrogen (secondary N) is 1. The molecule has 28 heavy (non-hydrogen) atoms. The molecule has 0 saturated carbocycles. The first-order valence-electron chi connectivity index (χ1n) is 8.75. The zero-order valence-corrected chi connectivity index (χ0v) is 15.5. The second-order valence-corrected chi connectivity index (χ2v) is 6.47. The zero-order chi connectivity index (χ0) is 20.1. The first-order valence-corrected chi connectivity index (χ1v) is 8.75. The maximum atomic E-state index is 12.3. The summed E-state index contributed by atoms with van der Waals surface area (Å²) in [5.41, 5.74) is 1.30. The molecular formula is C20H20N4O4. The molecule has 3 rings (SSSR count). The highest BCUT2D eigenvalue weighted by Crippen LogP contribution is 2.23. The Kier molecular flexibility index (Phi) is 5.69. The lowest BCUT2D eigenvalue weighted by Gasteiger charge is -2.09. The van der Waals surface area contributed by atoms with Gasteiger partial charge in [-0.05, 0) is 35.7 Å². The number of hydrogen-bond acceptors (Lipinski definition) is 5. The maximum Gasteiger partial charge on any atom is 0.292 e. The molecule has 0 saturated heterocycles. The van der Waals surface area contributed by atoms with E-state index in [2.05, 4.69) is 24.3 Å². The summed E-state index contributed by atoms with van der Waals surface area (Å²) in [5.74, 6) is 0.613. The van der Waals surface area contributed by atoms with Gasteiger partial charge in [-0.1, -0.05) is 38.1 Å². The van der Waals surface area contributed by atoms with Gasteiger partial charge in [0.05, 0.1) is 4.92 Å². The van der Waals surface area contributed by atoms with E-state index in [0.29, 0.717) is 11.7 Å². The van der Waals surface area contributed by atoms with Gasteiger partial charge in [-0.25, -0.2) is 4.68 Å². The van der Waals surface area contributed by atoms with Crippen molar-refractivity contribution in [1.82, 2.24) is 9.78 Å². The fourth-order valence-electron chi connectivity index (χ4n) is 2.57. The molecule has 0 atom stereocenters. The summed E-state index contributed by atoms with van der Waals surface area (Å²) in [5, 5.41) is 17.7. The Bertz CT molecular complexity index is 980. The Morgan fingerprint density at radius 3 is 2.57 bits per heavy atom. The molecule has 1 heterocycles. The number of nitro benzene ring substituents is 1. The second-order valence-electron chi connectivity index (χ2n) is 6.47. The number of nitro groups is 1. The predicted octanol–water partition coefficient (Wildman–Crippen LogP) is 4.20. The Balaban J connectivity index is 1.62. The van der Waals surface area contributed by atoms with Crippen molar-refractivity contribution in [2.45, 2.75) is 26.5 Å². The van der Waals surface area contributed by atoms with Crippen LogP contribution in [-0.4, -0.2) is 20.6 Å². The predicted molar refractivity (Wildman–Crippen MR) is 104 cm³/mol. The summed E-state index contributed by atoms with van der Waals surface area (Å²) in [6.45, 7) is 4.38. The van der Waals surface area contributed by atoms with E-state index in [9.17, 15) is 14.9 Å². The van der Waals surface area contributed by atoms with Crippen molar-refractivity contribution in [3.05, 3.63) is 82.2 Å². The third-order valence-electron chi connectivity index (χ3n) is 4.13. The van der Waals surface area contributed by atoms with Gasteiger partial charge < -0.3 is 10.1 Å². The minimum absolute atomic E-state index is 0.119. The highest BCUT2D eigenvalue weighted by molar-refractivity contribution is 6.04. The number of amides is 1. The first-order chi connectivity index (χ1) is 13.4. The summed E-state index contributed by atoms with van der Waals surface area (Å²) in [6.07, 6.45) is 1.61. The zero-order valence-electron chi connectivity index (χ0n) is 15.5. The van der Waals surface area contributed by atoms with Gasteiger partial charge in [0.25, 0.3) is 11.6 Å². The number of nitrogens with zero attached hydrogens (tertiary/aromatic N) is 3. The molecule has 0 unspecified atom stereocenters. The van der Waals surface area contributed by atoms with E-state index >= 15 is 0 Å². The van der Waals surface area contributed by atoms with Crippen LogP contribution in [0.15, 0.2) is 60.8 Å². The average Bonchev–Trinajstić information content (AvgIpc) is 3.16. The average molecular weight is 380 g/mol. The Morgan fingerprint density at radius 1 is 1.18 bits per heavy atom. The van der Waals surface area contributed by atoms with Crippen molar-refractivity contribution in [2.75, 3.05) is 5.32 Å². The van der Waals surface area contributed by atoms with Crippen LogP contribution in [0, 0.1) is 10.1 Å². The number of rotatable bonds is 7. The van der Waals surface area contributed by atoms with Crippen molar-refractivity contribution in [3.63, 3.8) is 0 Å². The molecule has 3 aromatic rings. The van der Waals surface area contributed by atoms with Crippen LogP contribution in [0.2, 0.25) is 0 Å². The summed E-state index contributed by atoms with van der Waals surface area (Å²) in [7, 11) is 0. The molecule has 2 aromatic carbocycles. The normalized spacial score (nSPS) is 10.7. The van der Waals surface area contributed by atoms with Gasteiger partial charge in [0.15, 0.2) is 12.4 Å². The lowest BCUT2D eigenvalue weighted by Crippen LogP contribution is -2.15. The fraction of sp³-hybridized carbons (Fsp3) is 0.200. The molecule has 0 fully saturated rings. The van der Waals surface area contributed by atoms with Crippen LogP contribution in [-0.2, 0) is 6.73 Å². The van der Waals surface area contributed by atoms with Gasteiger partial charge in [-0.2, -0.15) is 5.10 Å². The Morgan fingerprint density at radius 2 is 1.89 bits per heavy atom. The van der Waals surface area contributed by atoms with E-state index in [-0.39, 0.29) is 23.8 Å². The Labute approximate surface area is 161 Å². The molecule has 8 heteroatoms. The lowest BCUT2D eigenvalue weighted by atomic mass is 10.0. The van der Waals surface area contributed by atoms with Crippen LogP contribution in [0.4, 0.5) is 11.4 Å². The van der Waals surface area contributed by atoms with E-state index in [1.165, 1.54) is 34.5 Å². The second kappa shape index (κ2) is 8.34. The largest absolute Gasteiger partial charge is 0.471 e. The summed E-state index contributed by atoms with van der Waals surface area (Å²) in [6, 6.07) is 15.3. The number of aromatic nitrogens is 2. The molecule has 0 aliphatic rings. The molecule has 0 aliphatic heterocycles. The number of benzene rings is 2. The van der Waals surface area contributed by atoms with E-state index in [1.807, 2.05) is 24.3 Å². The minimum Gasteiger partial charge on any atom is -0.471 e. The maximum absolute atomic E-state index is 12.3. The van der Waals surface area contributed by atoms with Crippen molar-refractivity contribution < 1.29 is 14.5 Å². The van der Waals surface area contributed by atoms with Crippen molar-refractivity contribution in [1.29, 1.82) is 0 Å². The van der Waals surface area contributed by atoms with Gasteiger partial charge in [-0.3, -0.25) is 14.9 Å². The molecule has 1 aromatic heterocycles. The van der Waals surface area contributed by atoms with E-state index in [0.717, 1.165) is 0 Å². The number of ether oxygens (including phenoxy) is 1. The van der Waals surface area contributed by atoms with Crippen LogP contribution < -0.4 is 10.1 Å². The van der Waals surface area contributed by atoms with Crippen LogP contribution >= 0.6 is 0 Å².